The number of piperidine rings is 1. The predicted molar refractivity (Wildman–Crippen MR) is 68.1 cm³/mol. The second-order valence-electron chi connectivity index (χ2n) is 4.89. The van der Waals surface area contributed by atoms with Gasteiger partial charge in [-0.2, -0.15) is 0 Å². The van der Waals surface area contributed by atoms with E-state index in [1.807, 2.05) is 0 Å². The Bertz CT molecular complexity index is 450. The van der Waals surface area contributed by atoms with Crippen molar-refractivity contribution in [1.82, 2.24) is 4.98 Å². The summed E-state index contributed by atoms with van der Waals surface area (Å²) in [4.78, 5) is 17.3. The number of carbonyl (C=O) groups is 1. The predicted octanol–water partition coefficient (Wildman–Crippen LogP) is 1.79. The Morgan fingerprint density at radius 3 is 3.06 bits per heavy atom. The van der Waals surface area contributed by atoms with Gasteiger partial charge in [-0.05, 0) is 31.9 Å². The Kier molecular flexibility index (Phi) is 3.52. The van der Waals surface area contributed by atoms with Gasteiger partial charge in [0.25, 0.3) is 0 Å². The second kappa shape index (κ2) is 4.94. The molecule has 1 fully saturated rings. The summed E-state index contributed by atoms with van der Waals surface area (Å²) < 4.78 is 5.52. The van der Waals surface area contributed by atoms with Gasteiger partial charge in [-0.25, -0.2) is 9.78 Å². The van der Waals surface area contributed by atoms with Crippen LogP contribution in [0.15, 0.2) is 18.3 Å². The van der Waals surface area contributed by atoms with Crippen LogP contribution in [0.4, 0.5) is 5.82 Å². The standard InChI is InChI=1S/C13H18N2O3/c1-13(18-2)5-3-7-15(9-13)11-8-10(12(16)17)4-6-14-11/h4,6,8H,3,5,7,9H2,1-2H3,(H,16,17). The third kappa shape index (κ3) is 2.61. The van der Waals surface area contributed by atoms with E-state index >= 15 is 0 Å². The summed E-state index contributed by atoms with van der Waals surface area (Å²) in [7, 11) is 1.71. The maximum absolute atomic E-state index is 10.9. The van der Waals surface area contributed by atoms with Crippen molar-refractivity contribution in [2.75, 3.05) is 25.1 Å². The number of pyridine rings is 1. The molecule has 1 saturated heterocycles. The number of carboxylic acids is 1. The monoisotopic (exact) mass is 250 g/mol. The van der Waals surface area contributed by atoms with E-state index in [4.69, 9.17) is 9.84 Å². The highest BCUT2D eigenvalue weighted by Gasteiger charge is 2.31. The molecule has 2 rings (SSSR count). The van der Waals surface area contributed by atoms with Crippen molar-refractivity contribution in [2.45, 2.75) is 25.4 Å². The summed E-state index contributed by atoms with van der Waals surface area (Å²) in [6.45, 7) is 3.69. The van der Waals surface area contributed by atoms with Gasteiger partial charge < -0.3 is 14.7 Å². The molecule has 0 amide bonds. The van der Waals surface area contributed by atoms with Crippen molar-refractivity contribution < 1.29 is 14.6 Å². The fraction of sp³-hybridized carbons (Fsp3) is 0.538. The largest absolute Gasteiger partial charge is 0.478 e. The molecule has 5 heteroatoms. The van der Waals surface area contributed by atoms with E-state index in [9.17, 15) is 4.79 Å². The summed E-state index contributed by atoms with van der Waals surface area (Å²) >= 11 is 0. The zero-order chi connectivity index (χ0) is 13.2. The molecule has 0 bridgehead atoms. The van der Waals surface area contributed by atoms with Gasteiger partial charge in [0.1, 0.15) is 5.82 Å². The summed E-state index contributed by atoms with van der Waals surface area (Å²) in [5.74, 6) is -0.219. The van der Waals surface area contributed by atoms with Crippen molar-refractivity contribution in [1.29, 1.82) is 0 Å². The van der Waals surface area contributed by atoms with Crippen molar-refractivity contribution in [3.63, 3.8) is 0 Å². The number of anilines is 1. The lowest BCUT2D eigenvalue weighted by Crippen LogP contribution is -2.47. The number of rotatable bonds is 3. The van der Waals surface area contributed by atoms with Gasteiger partial charge in [-0.15, -0.1) is 0 Å². The van der Waals surface area contributed by atoms with Gasteiger partial charge in [0.05, 0.1) is 11.2 Å². The quantitative estimate of drug-likeness (QED) is 0.886. The molecule has 2 heterocycles. The number of ether oxygens (including phenoxy) is 1. The molecular formula is C13H18N2O3. The van der Waals surface area contributed by atoms with Crippen LogP contribution in [0.3, 0.4) is 0 Å². The van der Waals surface area contributed by atoms with E-state index in [0.717, 1.165) is 25.9 Å². The molecule has 1 atom stereocenters. The lowest BCUT2D eigenvalue weighted by atomic mass is 9.95. The number of carboxylic acid groups (broad SMARTS) is 1. The molecule has 98 valence electrons. The third-order valence-corrected chi connectivity index (χ3v) is 3.47. The molecule has 0 aliphatic carbocycles. The van der Waals surface area contributed by atoms with Crippen LogP contribution in [0.1, 0.15) is 30.1 Å². The van der Waals surface area contributed by atoms with Crippen LogP contribution in [0, 0.1) is 0 Å². The van der Waals surface area contributed by atoms with Crippen LogP contribution in [0.25, 0.3) is 0 Å². The summed E-state index contributed by atoms with van der Waals surface area (Å²) in [5, 5.41) is 8.99. The lowest BCUT2D eigenvalue weighted by molar-refractivity contribution is -0.00481. The van der Waals surface area contributed by atoms with Crippen LogP contribution >= 0.6 is 0 Å². The highest BCUT2D eigenvalue weighted by atomic mass is 16.5. The number of hydrogen-bond donors (Lipinski definition) is 1. The summed E-state index contributed by atoms with van der Waals surface area (Å²) in [6, 6.07) is 3.12. The van der Waals surface area contributed by atoms with E-state index in [1.165, 1.54) is 12.3 Å². The Labute approximate surface area is 106 Å². The molecule has 1 aliphatic heterocycles. The maximum Gasteiger partial charge on any atom is 0.335 e. The average Bonchev–Trinajstić information content (AvgIpc) is 2.39. The molecule has 0 saturated carbocycles. The first-order valence-corrected chi connectivity index (χ1v) is 6.03. The van der Waals surface area contributed by atoms with Crippen LogP contribution in [0.2, 0.25) is 0 Å². The first-order valence-electron chi connectivity index (χ1n) is 6.03. The highest BCUT2D eigenvalue weighted by molar-refractivity contribution is 5.88. The van der Waals surface area contributed by atoms with Crippen LogP contribution in [-0.2, 0) is 4.74 Å². The van der Waals surface area contributed by atoms with Gasteiger partial charge in [0, 0.05) is 26.4 Å². The molecule has 5 nitrogen and oxygen atoms in total. The minimum atomic E-state index is -0.926. The normalized spacial score (nSPS) is 24.0. The molecule has 18 heavy (non-hydrogen) atoms. The van der Waals surface area contributed by atoms with Crippen molar-refractivity contribution in [3.8, 4) is 0 Å². The fourth-order valence-electron chi connectivity index (χ4n) is 2.29. The molecular weight excluding hydrogens is 232 g/mol. The molecule has 1 aromatic heterocycles. The molecule has 0 spiro atoms. The lowest BCUT2D eigenvalue weighted by Gasteiger charge is -2.40. The third-order valence-electron chi connectivity index (χ3n) is 3.47. The highest BCUT2D eigenvalue weighted by Crippen LogP contribution is 2.27. The summed E-state index contributed by atoms with van der Waals surface area (Å²) in [6.07, 6.45) is 3.57. The molecule has 0 radical (unpaired) electrons. The van der Waals surface area contributed by atoms with E-state index < -0.39 is 5.97 Å². The van der Waals surface area contributed by atoms with Crippen molar-refractivity contribution in [3.05, 3.63) is 23.9 Å². The van der Waals surface area contributed by atoms with E-state index in [2.05, 4.69) is 16.8 Å². The Morgan fingerprint density at radius 1 is 1.61 bits per heavy atom. The molecule has 0 aromatic carbocycles. The number of hydrogen-bond acceptors (Lipinski definition) is 4. The second-order valence-corrected chi connectivity index (χ2v) is 4.89. The van der Waals surface area contributed by atoms with Gasteiger partial charge in [-0.3, -0.25) is 0 Å². The van der Waals surface area contributed by atoms with Gasteiger partial charge in [0.15, 0.2) is 0 Å². The molecule has 1 aromatic rings. The number of methoxy groups -OCH3 is 1. The zero-order valence-corrected chi connectivity index (χ0v) is 10.7. The van der Waals surface area contributed by atoms with Crippen LogP contribution in [-0.4, -0.2) is 41.9 Å². The first-order chi connectivity index (χ1) is 8.54. The Morgan fingerprint density at radius 2 is 2.39 bits per heavy atom. The van der Waals surface area contributed by atoms with Gasteiger partial charge >= 0.3 is 5.97 Å². The molecule has 1 aliphatic rings. The summed E-state index contributed by atoms with van der Waals surface area (Å²) in [5.41, 5.74) is 0.0868. The Hall–Kier alpha value is -1.62. The number of aromatic carboxylic acids is 1. The van der Waals surface area contributed by atoms with Gasteiger partial charge in [-0.1, -0.05) is 0 Å². The number of nitrogens with zero attached hydrogens (tertiary/aromatic N) is 2. The van der Waals surface area contributed by atoms with Gasteiger partial charge in [0.2, 0.25) is 0 Å². The minimum absolute atomic E-state index is 0.181. The molecule has 1 N–H and O–H groups in total. The topological polar surface area (TPSA) is 62.7 Å². The zero-order valence-electron chi connectivity index (χ0n) is 10.7. The average molecular weight is 250 g/mol. The van der Waals surface area contributed by atoms with Crippen molar-refractivity contribution in [2.24, 2.45) is 0 Å². The van der Waals surface area contributed by atoms with Crippen LogP contribution < -0.4 is 4.90 Å². The maximum atomic E-state index is 10.9. The Balaban J connectivity index is 2.21. The smallest absolute Gasteiger partial charge is 0.335 e. The minimum Gasteiger partial charge on any atom is -0.478 e. The molecule has 1 unspecified atom stereocenters. The van der Waals surface area contributed by atoms with Crippen molar-refractivity contribution >= 4 is 11.8 Å². The van der Waals surface area contributed by atoms with Crippen LogP contribution in [0.5, 0.6) is 0 Å². The van der Waals surface area contributed by atoms with E-state index in [-0.39, 0.29) is 11.2 Å². The SMILES string of the molecule is COC1(C)CCCN(c2cc(C(=O)O)ccn2)C1. The number of aromatic nitrogens is 1. The van der Waals surface area contributed by atoms with E-state index in [0.29, 0.717) is 5.82 Å². The van der Waals surface area contributed by atoms with E-state index in [1.54, 1.807) is 13.2 Å². The fourth-order valence-corrected chi connectivity index (χ4v) is 2.29. The first kappa shape index (κ1) is 12.8.